The highest BCUT2D eigenvalue weighted by atomic mass is 16.5. The number of aromatic nitrogens is 3. The summed E-state index contributed by atoms with van der Waals surface area (Å²) in [5.41, 5.74) is 8.43. The summed E-state index contributed by atoms with van der Waals surface area (Å²) in [5.74, 6) is 0.708. The number of rotatable bonds is 3. The van der Waals surface area contributed by atoms with E-state index >= 15 is 0 Å². The molecule has 1 saturated carbocycles. The summed E-state index contributed by atoms with van der Waals surface area (Å²) in [5, 5.41) is 3.25. The first-order chi connectivity index (χ1) is 14.5. The molecule has 152 valence electrons. The van der Waals surface area contributed by atoms with E-state index in [-0.39, 0.29) is 17.6 Å². The van der Waals surface area contributed by atoms with Crippen molar-refractivity contribution in [3.8, 4) is 28.4 Å². The highest BCUT2D eigenvalue weighted by Gasteiger charge is 2.49. The Labute approximate surface area is 175 Å². The summed E-state index contributed by atoms with van der Waals surface area (Å²) in [6.45, 7) is 3.97. The quantitative estimate of drug-likeness (QED) is 0.700. The molecule has 2 aliphatic carbocycles. The Kier molecular flexibility index (Phi) is 3.64. The van der Waals surface area contributed by atoms with E-state index in [1.165, 1.54) is 5.56 Å². The molecule has 2 N–H and O–H groups in total. The molecule has 0 unspecified atom stereocenters. The van der Waals surface area contributed by atoms with Gasteiger partial charge in [0.2, 0.25) is 5.88 Å². The average molecular weight is 400 g/mol. The summed E-state index contributed by atoms with van der Waals surface area (Å²) in [6.07, 6.45) is 8.71. The zero-order valence-electron chi connectivity index (χ0n) is 17.2. The number of pyridine rings is 2. The van der Waals surface area contributed by atoms with Gasteiger partial charge in [-0.15, -0.1) is 0 Å². The highest BCUT2D eigenvalue weighted by molar-refractivity contribution is 6.01. The van der Waals surface area contributed by atoms with Gasteiger partial charge in [0.05, 0.1) is 23.1 Å². The maximum Gasteiger partial charge on any atom is 0.253 e. The van der Waals surface area contributed by atoms with E-state index in [2.05, 4.69) is 26.3 Å². The molecule has 30 heavy (non-hydrogen) atoms. The minimum atomic E-state index is 0.00916. The van der Waals surface area contributed by atoms with Crippen molar-refractivity contribution < 1.29 is 9.53 Å². The lowest BCUT2D eigenvalue weighted by Crippen LogP contribution is -2.43. The minimum absolute atomic E-state index is 0.00916. The van der Waals surface area contributed by atoms with E-state index in [9.17, 15) is 4.79 Å². The number of H-pyrrole nitrogens is 1. The Hall–Kier alpha value is -3.15. The van der Waals surface area contributed by atoms with Crippen molar-refractivity contribution in [1.29, 1.82) is 0 Å². The van der Waals surface area contributed by atoms with Gasteiger partial charge in [0, 0.05) is 47.2 Å². The van der Waals surface area contributed by atoms with E-state index in [1.54, 1.807) is 6.20 Å². The Bertz CT molecular complexity index is 1170. The van der Waals surface area contributed by atoms with Crippen LogP contribution in [0.4, 0.5) is 0 Å². The van der Waals surface area contributed by atoms with Crippen molar-refractivity contribution in [2.45, 2.75) is 57.6 Å². The third kappa shape index (κ3) is 2.74. The Morgan fingerprint density at radius 2 is 2.00 bits per heavy atom. The fourth-order valence-electron chi connectivity index (χ4n) is 4.80. The van der Waals surface area contributed by atoms with E-state index in [4.69, 9.17) is 4.74 Å². The van der Waals surface area contributed by atoms with Crippen molar-refractivity contribution >= 4 is 5.91 Å². The molecule has 1 amide bonds. The highest BCUT2D eigenvalue weighted by Crippen LogP contribution is 2.45. The van der Waals surface area contributed by atoms with Crippen molar-refractivity contribution in [1.82, 2.24) is 20.3 Å². The molecular formula is C24H24N4O2. The van der Waals surface area contributed by atoms with Crippen LogP contribution in [-0.2, 0) is 19.3 Å². The molecule has 1 fully saturated rings. The topological polar surface area (TPSA) is 79.9 Å². The van der Waals surface area contributed by atoms with Gasteiger partial charge in [0.1, 0.15) is 0 Å². The maximum atomic E-state index is 12.8. The van der Waals surface area contributed by atoms with Crippen LogP contribution in [0, 0.1) is 0 Å². The minimum Gasteiger partial charge on any atom is -0.475 e. The molecule has 0 radical (unpaired) electrons. The molecule has 0 atom stereocenters. The molecule has 6 heteroatoms. The first-order valence-electron chi connectivity index (χ1n) is 10.7. The van der Waals surface area contributed by atoms with Crippen molar-refractivity contribution in [2.24, 2.45) is 0 Å². The van der Waals surface area contributed by atoms with Gasteiger partial charge in [-0.25, -0.2) is 4.98 Å². The van der Waals surface area contributed by atoms with E-state index in [1.807, 2.05) is 32.2 Å². The lowest BCUT2D eigenvalue weighted by molar-refractivity contribution is 0.0917. The first-order valence-corrected chi connectivity index (χ1v) is 10.7. The summed E-state index contributed by atoms with van der Waals surface area (Å²) in [6, 6.07) is 6.00. The third-order valence-electron chi connectivity index (χ3n) is 6.44. The molecule has 6 nitrogen and oxygen atoms in total. The van der Waals surface area contributed by atoms with Crippen molar-refractivity contribution in [3.05, 3.63) is 53.0 Å². The number of aryl methyl sites for hydroxylation is 1. The van der Waals surface area contributed by atoms with E-state index in [0.29, 0.717) is 5.88 Å². The van der Waals surface area contributed by atoms with Crippen molar-refractivity contribution in [3.63, 3.8) is 0 Å². The number of amides is 1. The molecular weight excluding hydrogens is 376 g/mol. The SMILES string of the molecule is CC(C)Oc1ccc(-c2cc3c(cn2)CCc2c-3[nH]c3c2C(=O)NC2(CC2)C3)cn1. The van der Waals surface area contributed by atoms with Gasteiger partial charge in [0.25, 0.3) is 5.91 Å². The Morgan fingerprint density at radius 3 is 2.73 bits per heavy atom. The van der Waals surface area contributed by atoms with Crippen LogP contribution in [0.5, 0.6) is 5.88 Å². The van der Waals surface area contributed by atoms with Crippen molar-refractivity contribution in [2.75, 3.05) is 0 Å². The van der Waals surface area contributed by atoms with Crippen LogP contribution in [-0.4, -0.2) is 32.5 Å². The molecule has 3 aliphatic rings. The molecule has 4 heterocycles. The fraction of sp³-hybridized carbons (Fsp3) is 0.375. The number of hydrogen-bond acceptors (Lipinski definition) is 4. The monoisotopic (exact) mass is 400 g/mol. The normalized spacial score (nSPS) is 17.9. The number of nitrogens with zero attached hydrogens (tertiary/aromatic N) is 2. The number of fused-ring (bicyclic) bond motifs is 5. The summed E-state index contributed by atoms with van der Waals surface area (Å²) in [4.78, 5) is 25.5. The van der Waals surface area contributed by atoms with Crippen LogP contribution in [0.2, 0.25) is 0 Å². The van der Waals surface area contributed by atoms with E-state index in [0.717, 1.165) is 71.4 Å². The molecule has 3 aromatic heterocycles. The van der Waals surface area contributed by atoms with Gasteiger partial charge in [0.15, 0.2) is 0 Å². The molecule has 0 saturated heterocycles. The lowest BCUT2D eigenvalue weighted by Gasteiger charge is -2.24. The van der Waals surface area contributed by atoms with E-state index < -0.39 is 0 Å². The number of nitrogens with one attached hydrogen (secondary N) is 2. The average Bonchev–Trinajstić information content (AvgIpc) is 3.34. The number of carbonyl (C=O) groups is 1. The summed E-state index contributed by atoms with van der Waals surface area (Å²) in [7, 11) is 0. The molecule has 3 aromatic rings. The van der Waals surface area contributed by atoms with Gasteiger partial charge in [-0.3, -0.25) is 9.78 Å². The van der Waals surface area contributed by atoms with Crippen LogP contribution < -0.4 is 10.1 Å². The second-order valence-electron chi connectivity index (χ2n) is 9.02. The van der Waals surface area contributed by atoms with Gasteiger partial charge >= 0.3 is 0 Å². The third-order valence-corrected chi connectivity index (χ3v) is 6.44. The predicted octanol–water partition coefficient (Wildman–Crippen LogP) is 3.84. The van der Waals surface area contributed by atoms with Gasteiger partial charge in [-0.2, -0.15) is 0 Å². The zero-order valence-corrected chi connectivity index (χ0v) is 17.2. The predicted molar refractivity (Wildman–Crippen MR) is 114 cm³/mol. The number of ether oxygens (including phenoxy) is 1. The summed E-state index contributed by atoms with van der Waals surface area (Å²) < 4.78 is 5.65. The molecule has 0 aromatic carbocycles. The van der Waals surface area contributed by atoms with Crippen LogP contribution in [0.15, 0.2) is 30.6 Å². The lowest BCUT2D eigenvalue weighted by atomic mass is 9.87. The van der Waals surface area contributed by atoms with Crippen LogP contribution in [0.25, 0.3) is 22.5 Å². The van der Waals surface area contributed by atoms with Crippen LogP contribution in [0.1, 0.15) is 53.9 Å². The van der Waals surface area contributed by atoms with Crippen LogP contribution >= 0.6 is 0 Å². The van der Waals surface area contributed by atoms with Gasteiger partial charge in [-0.1, -0.05) is 0 Å². The number of hydrogen-bond donors (Lipinski definition) is 2. The smallest absolute Gasteiger partial charge is 0.253 e. The second kappa shape index (κ2) is 6.17. The van der Waals surface area contributed by atoms with Gasteiger partial charge in [-0.05, 0) is 62.8 Å². The van der Waals surface area contributed by atoms with Gasteiger partial charge < -0.3 is 15.0 Å². The largest absolute Gasteiger partial charge is 0.475 e. The molecule has 0 bridgehead atoms. The first kappa shape index (κ1) is 17.7. The molecule has 1 spiro atoms. The fourth-order valence-corrected chi connectivity index (χ4v) is 4.80. The Morgan fingerprint density at radius 1 is 1.13 bits per heavy atom. The maximum absolute atomic E-state index is 12.8. The number of carbonyl (C=O) groups excluding carboxylic acids is 1. The zero-order chi connectivity index (χ0) is 20.5. The second-order valence-corrected chi connectivity index (χ2v) is 9.02. The molecule has 1 aliphatic heterocycles. The summed E-state index contributed by atoms with van der Waals surface area (Å²) >= 11 is 0. The Balaban J connectivity index is 1.40. The molecule has 6 rings (SSSR count). The number of aromatic amines is 1. The standard InChI is InChI=1S/C24H24N4O2/c1-13(2)30-20-6-4-15(12-26-20)18-9-17-14(11-25-18)3-5-16-21-19(27-22(16)17)10-24(7-8-24)28-23(21)29/h4,6,9,11-13,27H,3,5,7-8,10H2,1-2H3,(H,28,29). The van der Waals surface area contributed by atoms with Crippen LogP contribution in [0.3, 0.4) is 0 Å².